The predicted molar refractivity (Wildman–Crippen MR) is 72.8 cm³/mol. The highest BCUT2D eigenvalue weighted by Gasteiger charge is 2.03. The van der Waals surface area contributed by atoms with Gasteiger partial charge in [0.15, 0.2) is 0 Å². The molecule has 0 aliphatic rings. The zero-order valence-corrected chi connectivity index (χ0v) is 10.4. The number of hydrogen-bond acceptors (Lipinski definition) is 2. The van der Waals surface area contributed by atoms with Crippen molar-refractivity contribution in [1.29, 1.82) is 0 Å². The number of aromatic nitrogens is 1. The van der Waals surface area contributed by atoms with E-state index in [9.17, 15) is 4.79 Å². The minimum Gasteiger partial charge on any atom is -0.308 e. The molecule has 4 nitrogen and oxygen atoms in total. The third kappa shape index (κ3) is 3.31. The van der Waals surface area contributed by atoms with Crippen LogP contribution < -0.4 is 10.6 Å². The van der Waals surface area contributed by atoms with Gasteiger partial charge < -0.3 is 5.32 Å². The quantitative estimate of drug-likeness (QED) is 0.847. The van der Waals surface area contributed by atoms with Crippen LogP contribution >= 0.6 is 0 Å². The van der Waals surface area contributed by atoms with Gasteiger partial charge in [-0.15, -0.1) is 0 Å². The number of benzene rings is 1. The predicted octanol–water partition coefficient (Wildman–Crippen LogP) is 3.34. The third-order valence-electron chi connectivity index (χ3n) is 2.39. The van der Waals surface area contributed by atoms with Gasteiger partial charge in [0, 0.05) is 11.9 Å². The maximum absolute atomic E-state index is 11.7. The Kier molecular flexibility index (Phi) is 3.57. The van der Waals surface area contributed by atoms with E-state index in [0.717, 1.165) is 16.8 Å². The van der Waals surface area contributed by atoms with Crippen molar-refractivity contribution in [2.24, 2.45) is 0 Å². The molecule has 0 spiro atoms. The Hall–Kier alpha value is -2.36. The van der Waals surface area contributed by atoms with Crippen LogP contribution in [0.15, 0.2) is 42.6 Å². The first kappa shape index (κ1) is 12.1. The molecule has 2 aromatic rings. The van der Waals surface area contributed by atoms with Gasteiger partial charge in [-0.2, -0.15) is 0 Å². The molecule has 4 heteroatoms. The lowest BCUT2D eigenvalue weighted by Crippen LogP contribution is -2.20. The number of nitrogens with one attached hydrogen (secondary N) is 2. The van der Waals surface area contributed by atoms with Gasteiger partial charge in [-0.1, -0.05) is 12.1 Å². The largest absolute Gasteiger partial charge is 0.324 e. The Morgan fingerprint density at radius 1 is 1.06 bits per heavy atom. The number of amides is 2. The molecule has 0 aliphatic carbocycles. The van der Waals surface area contributed by atoms with Gasteiger partial charge in [-0.05, 0) is 49.2 Å². The number of aryl methyl sites for hydroxylation is 2. The normalized spacial score (nSPS) is 9.89. The molecule has 0 aliphatic heterocycles. The molecule has 0 radical (unpaired) electrons. The van der Waals surface area contributed by atoms with Crippen molar-refractivity contribution in [2.45, 2.75) is 13.8 Å². The Balaban J connectivity index is 2.03. The van der Waals surface area contributed by atoms with Crippen LogP contribution in [0.5, 0.6) is 0 Å². The van der Waals surface area contributed by atoms with Crippen molar-refractivity contribution in [3.05, 3.63) is 53.7 Å². The molecule has 1 aromatic carbocycles. The van der Waals surface area contributed by atoms with E-state index < -0.39 is 0 Å². The molecule has 1 heterocycles. The summed E-state index contributed by atoms with van der Waals surface area (Å²) in [4.78, 5) is 15.8. The number of nitrogens with zero attached hydrogens (tertiary/aromatic N) is 1. The van der Waals surface area contributed by atoms with Gasteiger partial charge in [0.2, 0.25) is 0 Å². The maximum atomic E-state index is 11.7. The first-order chi connectivity index (χ1) is 8.63. The van der Waals surface area contributed by atoms with Gasteiger partial charge in [0.25, 0.3) is 0 Å². The van der Waals surface area contributed by atoms with Crippen LogP contribution in [0.2, 0.25) is 0 Å². The van der Waals surface area contributed by atoms with Gasteiger partial charge in [-0.25, -0.2) is 9.78 Å². The van der Waals surface area contributed by atoms with E-state index in [4.69, 9.17) is 0 Å². The molecule has 0 fully saturated rings. The van der Waals surface area contributed by atoms with Crippen molar-refractivity contribution >= 4 is 17.5 Å². The van der Waals surface area contributed by atoms with Crippen molar-refractivity contribution in [3.63, 3.8) is 0 Å². The molecule has 0 saturated heterocycles. The van der Waals surface area contributed by atoms with E-state index in [1.54, 1.807) is 18.3 Å². The molecule has 0 bridgehead atoms. The maximum Gasteiger partial charge on any atom is 0.324 e. The highest BCUT2D eigenvalue weighted by atomic mass is 16.2. The molecule has 0 unspecified atom stereocenters. The van der Waals surface area contributed by atoms with Crippen LogP contribution in [-0.4, -0.2) is 11.0 Å². The van der Waals surface area contributed by atoms with Crippen molar-refractivity contribution in [2.75, 3.05) is 10.6 Å². The van der Waals surface area contributed by atoms with Crippen LogP contribution in [0, 0.1) is 13.8 Å². The van der Waals surface area contributed by atoms with E-state index in [1.165, 1.54) is 0 Å². The van der Waals surface area contributed by atoms with Crippen LogP contribution in [-0.2, 0) is 0 Å². The highest BCUT2D eigenvalue weighted by molar-refractivity contribution is 5.99. The summed E-state index contributed by atoms with van der Waals surface area (Å²) in [6.07, 6.45) is 1.63. The lowest BCUT2D eigenvalue weighted by molar-refractivity contribution is 0.262. The molecule has 18 heavy (non-hydrogen) atoms. The monoisotopic (exact) mass is 241 g/mol. The Morgan fingerprint density at radius 3 is 2.39 bits per heavy atom. The van der Waals surface area contributed by atoms with E-state index in [-0.39, 0.29) is 6.03 Å². The molecular formula is C14H15N3O. The molecule has 2 rings (SSSR count). The molecule has 2 amide bonds. The minimum atomic E-state index is -0.293. The number of hydrogen-bond donors (Lipinski definition) is 2. The lowest BCUT2D eigenvalue weighted by Gasteiger charge is -2.08. The van der Waals surface area contributed by atoms with Gasteiger partial charge in [0.1, 0.15) is 5.82 Å². The van der Waals surface area contributed by atoms with Crippen LogP contribution in [0.25, 0.3) is 0 Å². The first-order valence-electron chi connectivity index (χ1n) is 5.71. The summed E-state index contributed by atoms with van der Waals surface area (Å²) in [7, 11) is 0. The fourth-order valence-electron chi connectivity index (χ4n) is 1.76. The number of rotatable bonds is 2. The number of anilines is 2. The van der Waals surface area contributed by atoms with Crippen molar-refractivity contribution in [1.82, 2.24) is 4.98 Å². The van der Waals surface area contributed by atoms with Crippen molar-refractivity contribution in [3.8, 4) is 0 Å². The van der Waals surface area contributed by atoms with Crippen molar-refractivity contribution < 1.29 is 4.79 Å². The molecule has 0 saturated carbocycles. The number of carbonyl (C=O) groups is 1. The zero-order chi connectivity index (χ0) is 13.0. The SMILES string of the molecule is Cc1cc(C)cc(NC(=O)Nc2ccccn2)c1. The summed E-state index contributed by atoms with van der Waals surface area (Å²) in [5.74, 6) is 0.527. The molecule has 1 aromatic heterocycles. The average molecular weight is 241 g/mol. The smallest absolute Gasteiger partial charge is 0.308 e. The second kappa shape index (κ2) is 5.31. The van der Waals surface area contributed by atoms with E-state index >= 15 is 0 Å². The second-order valence-corrected chi connectivity index (χ2v) is 4.17. The van der Waals surface area contributed by atoms with E-state index in [2.05, 4.69) is 21.7 Å². The number of carbonyl (C=O) groups excluding carboxylic acids is 1. The highest BCUT2D eigenvalue weighted by Crippen LogP contribution is 2.14. The lowest BCUT2D eigenvalue weighted by atomic mass is 10.1. The van der Waals surface area contributed by atoms with E-state index in [0.29, 0.717) is 5.82 Å². The fourth-order valence-corrected chi connectivity index (χ4v) is 1.76. The van der Waals surface area contributed by atoms with Gasteiger partial charge in [0.05, 0.1) is 0 Å². The van der Waals surface area contributed by atoms with Gasteiger partial charge in [-0.3, -0.25) is 5.32 Å². The second-order valence-electron chi connectivity index (χ2n) is 4.17. The Bertz CT molecular complexity index is 532. The first-order valence-corrected chi connectivity index (χ1v) is 5.71. The van der Waals surface area contributed by atoms with Crippen LogP contribution in [0.4, 0.5) is 16.3 Å². The summed E-state index contributed by atoms with van der Waals surface area (Å²) in [6.45, 7) is 3.99. The standard InChI is InChI=1S/C14H15N3O/c1-10-7-11(2)9-12(8-10)16-14(18)17-13-5-3-4-6-15-13/h3-9H,1-2H3,(H2,15,16,17,18). The van der Waals surface area contributed by atoms with Gasteiger partial charge >= 0.3 is 6.03 Å². The summed E-state index contributed by atoms with van der Waals surface area (Å²) in [5, 5.41) is 5.45. The Labute approximate surface area is 106 Å². The average Bonchev–Trinajstić information content (AvgIpc) is 2.28. The third-order valence-corrected chi connectivity index (χ3v) is 2.39. The summed E-state index contributed by atoms with van der Waals surface area (Å²) < 4.78 is 0. The molecule has 92 valence electrons. The zero-order valence-electron chi connectivity index (χ0n) is 10.4. The molecular weight excluding hydrogens is 226 g/mol. The molecule has 2 N–H and O–H groups in total. The Morgan fingerprint density at radius 2 is 1.78 bits per heavy atom. The fraction of sp³-hybridized carbons (Fsp3) is 0.143. The number of pyridine rings is 1. The van der Waals surface area contributed by atoms with Crippen LogP contribution in [0.3, 0.4) is 0 Å². The summed E-state index contributed by atoms with van der Waals surface area (Å²) >= 11 is 0. The summed E-state index contributed by atoms with van der Waals surface area (Å²) in [5.41, 5.74) is 3.01. The van der Waals surface area contributed by atoms with E-state index in [1.807, 2.05) is 32.0 Å². The molecule has 0 atom stereocenters. The minimum absolute atomic E-state index is 0.293. The van der Waals surface area contributed by atoms with Crippen LogP contribution in [0.1, 0.15) is 11.1 Å². The summed E-state index contributed by atoms with van der Waals surface area (Å²) in [6, 6.07) is 11.0. The number of urea groups is 1. The topological polar surface area (TPSA) is 54.0 Å².